The van der Waals surface area contributed by atoms with Gasteiger partial charge in [-0.15, -0.1) is 0 Å². The summed E-state index contributed by atoms with van der Waals surface area (Å²) in [7, 11) is 1.58. The monoisotopic (exact) mass is 319 g/mol. The molecule has 1 aromatic rings. The summed E-state index contributed by atoms with van der Waals surface area (Å²) in [6, 6.07) is 1.81. The number of furan rings is 1. The lowest BCUT2D eigenvalue weighted by molar-refractivity contribution is -0.132. The van der Waals surface area contributed by atoms with Crippen molar-refractivity contribution in [3.63, 3.8) is 0 Å². The van der Waals surface area contributed by atoms with Gasteiger partial charge in [-0.05, 0) is 12.5 Å². The molecule has 3 amide bonds. The Morgan fingerprint density at radius 2 is 2.09 bits per heavy atom. The summed E-state index contributed by atoms with van der Waals surface area (Å²) in [5, 5.41) is 2.59. The molecule has 1 N–H and O–H groups in total. The van der Waals surface area contributed by atoms with E-state index in [9.17, 15) is 14.4 Å². The number of hydrogen-bond donors (Lipinski definition) is 1. The quantitative estimate of drug-likeness (QED) is 0.863. The maximum absolute atomic E-state index is 12.4. The molecular weight excluding hydrogens is 298 g/mol. The average Bonchev–Trinajstić information content (AvgIpc) is 3.11. The Morgan fingerprint density at radius 3 is 2.74 bits per heavy atom. The van der Waals surface area contributed by atoms with Gasteiger partial charge in [0.05, 0.1) is 18.2 Å². The van der Waals surface area contributed by atoms with Gasteiger partial charge in [-0.3, -0.25) is 14.4 Å². The number of carbonyl (C=O) groups excluding carboxylic acids is 3. The molecule has 0 radical (unpaired) electrons. The molecule has 0 bridgehead atoms. The fourth-order valence-corrected chi connectivity index (χ4v) is 3.23. The Balaban J connectivity index is 1.58. The van der Waals surface area contributed by atoms with Crippen LogP contribution in [0, 0.1) is 5.92 Å². The van der Waals surface area contributed by atoms with E-state index in [1.54, 1.807) is 16.8 Å². The van der Waals surface area contributed by atoms with E-state index in [2.05, 4.69) is 5.32 Å². The van der Waals surface area contributed by atoms with Crippen LogP contribution in [0.3, 0.4) is 0 Å². The summed E-state index contributed by atoms with van der Waals surface area (Å²) in [4.78, 5) is 39.5. The van der Waals surface area contributed by atoms with E-state index >= 15 is 0 Å². The Bertz CT molecular complexity index is 633. The molecule has 0 spiro atoms. The van der Waals surface area contributed by atoms with Crippen LogP contribution < -0.4 is 5.32 Å². The Labute approximate surface area is 134 Å². The SMILES string of the molecule is CCc1ccoc1C(=O)N1CC(N2CC(C(=O)NC)CC2=O)C1. The minimum atomic E-state index is -0.283. The third kappa shape index (κ3) is 2.71. The van der Waals surface area contributed by atoms with Crippen molar-refractivity contribution in [1.82, 2.24) is 15.1 Å². The first-order chi connectivity index (χ1) is 11.0. The van der Waals surface area contributed by atoms with Crippen molar-refractivity contribution in [1.29, 1.82) is 0 Å². The number of carbonyl (C=O) groups is 3. The van der Waals surface area contributed by atoms with Crippen molar-refractivity contribution in [2.75, 3.05) is 26.7 Å². The van der Waals surface area contributed by atoms with E-state index in [0.29, 0.717) is 25.4 Å². The summed E-state index contributed by atoms with van der Waals surface area (Å²) in [6.45, 7) is 3.40. The zero-order valence-corrected chi connectivity index (χ0v) is 13.4. The van der Waals surface area contributed by atoms with Crippen LogP contribution in [-0.2, 0) is 16.0 Å². The molecule has 0 aliphatic carbocycles. The second-order valence-corrected chi connectivity index (χ2v) is 6.05. The molecule has 2 fully saturated rings. The molecule has 3 heterocycles. The Hall–Kier alpha value is -2.31. The molecule has 0 aromatic carbocycles. The standard InChI is InChI=1S/C16H21N3O4/c1-3-10-4-5-23-14(10)16(22)18-8-12(9-18)19-7-11(6-13(19)20)15(21)17-2/h4-5,11-12H,3,6-9H2,1-2H3,(H,17,21). The number of hydrogen-bond acceptors (Lipinski definition) is 4. The minimum absolute atomic E-state index is 0.00106. The van der Waals surface area contributed by atoms with E-state index in [-0.39, 0.29) is 36.1 Å². The van der Waals surface area contributed by atoms with Crippen LogP contribution >= 0.6 is 0 Å². The molecule has 124 valence electrons. The maximum Gasteiger partial charge on any atom is 0.289 e. The van der Waals surface area contributed by atoms with Crippen LogP contribution in [0.2, 0.25) is 0 Å². The second kappa shape index (κ2) is 6.06. The predicted octanol–water partition coefficient (Wildman–Crippen LogP) is 0.261. The summed E-state index contributed by atoms with van der Waals surface area (Å²) >= 11 is 0. The Morgan fingerprint density at radius 1 is 1.35 bits per heavy atom. The summed E-state index contributed by atoms with van der Waals surface area (Å²) < 4.78 is 5.29. The maximum atomic E-state index is 12.4. The van der Waals surface area contributed by atoms with Gasteiger partial charge in [0, 0.05) is 38.7 Å². The van der Waals surface area contributed by atoms with E-state index in [4.69, 9.17) is 4.42 Å². The summed E-state index contributed by atoms with van der Waals surface area (Å²) in [5.41, 5.74) is 0.898. The van der Waals surface area contributed by atoms with Gasteiger partial charge in [-0.1, -0.05) is 6.92 Å². The molecule has 7 nitrogen and oxygen atoms in total. The average molecular weight is 319 g/mol. The smallest absolute Gasteiger partial charge is 0.289 e. The molecule has 0 saturated carbocycles. The van der Waals surface area contributed by atoms with Crippen molar-refractivity contribution in [3.05, 3.63) is 23.7 Å². The molecular formula is C16H21N3O4. The van der Waals surface area contributed by atoms with Crippen molar-refractivity contribution in [3.8, 4) is 0 Å². The molecule has 1 atom stereocenters. The lowest BCUT2D eigenvalue weighted by atomic mass is 10.1. The highest BCUT2D eigenvalue weighted by molar-refractivity contribution is 5.94. The number of amides is 3. The van der Waals surface area contributed by atoms with Gasteiger partial charge < -0.3 is 19.5 Å². The highest BCUT2D eigenvalue weighted by Crippen LogP contribution is 2.26. The topological polar surface area (TPSA) is 82.9 Å². The zero-order valence-electron chi connectivity index (χ0n) is 13.4. The van der Waals surface area contributed by atoms with Gasteiger partial charge in [0.15, 0.2) is 5.76 Å². The van der Waals surface area contributed by atoms with E-state index < -0.39 is 0 Å². The third-order valence-corrected chi connectivity index (χ3v) is 4.69. The predicted molar refractivity (Wildman–Crippen MR) is 81.7 cm³/mol. The highest BCUT2D eigenvalue weighted by Gasteiger charge is 2.43. The summed E-state index contributed by atoms with van der Waals surface area (Å²) in [5.74, 6) is -0.132. The largest absolute Gasteiger partial charge is 0.459 e. The molecule has 23 heavy (non-hydrogen) atoms. The molecule has 1 unspecified atom stereocenters. The van der Waals surface area contributed by atoms with Gasteiger partial charge in [0.25, 0.3) is 5.91 Å². The van der Waals surface area contributed by atoms with E-state index in [1.165, 1.54) is 6.26 Å². The molecule has 2 aliphatic heterocycles. The first-order valence-corrected chi connectivity index (χ1v) is 7.91. The summed E-state index contributed by atoms with van der Waals surface area (Å²) in [6.07, 6.45) is 2.52. The van der Waals surface area contributed by atoms with Gasteiger partial charge in [-0.25, -0.2) is 0 Å². The zero-order chi connectivity index (χ0) is 16.6. The van der Waals surface area contributed by atoms with Crippen molar-refractivity contribution in [2.24, 2.45) is 5.92 Å². The lowest BCUT2D eigenvalue weighted by Crippen LogP contribution is -2.61. The van der Waals surface area contributed by atoms with Gasteiger partial charge in [0.1, 0.15) is 0 Å². The fourth-order valence-electron chi connectivity index (χ4n) is 3.23. The molecule has 1 aromatic heterocycles. The van der Waals surface area contributed by atoms with Gasteiger partial charge in [-0.2, -0.15) is 0 Å². The van der Waals surface area contributed by atoms with Crippen LogP contribution in [0.4, 0.5) is 0 Å². The molecule has 2 aliphatic rings. The number of aryl methyl sites for hydroxylation is 1. The number of rotatable bonds is 4. The van der Waals surface area contributed by atoms with Gasteiger partial charge >= 0.3 is 0 Å². The van der Waals surface area contributed by atoms with Crippen LogP contribution in [0.15, 0.2) is 16.7 Å². The van der Waals surface area contributed by atoms with Crippen molar-refractivity contribution >= 4 is 17.7 Å². The first kappa shape index (κ1) is 15.6. The fraction of sp³-hybridized carbons (Fsp3) is 0.562. The van der Waals surface area contributed by atoms with Crippen LogP contribution in [0.1, 0.15) is 29.5 Å². The normalized spacial score (nSPS) is 21.5. The van der Waals surface area contributed by atoms with E-state index in [1.807, 2.05) is 13.0 Å². The molecule has 7 heteroatoms. The van der Waals surface area contributed by atoms with Crippen LogP contribution in [0.5, 0.6) is 0 Å². The van der Waals surface area contributed by atoms with Crippen molar-refractivity contribution in [2.45, 2.75) is 25.8 Å². The molecule has 3 rings (SSSR count). The molecule has 2 saturated heterocycles. The van der Waals surface area contributed by atoms with Crippen molar-refractivity contribution < 1.29 is 18.8 Å². The third-order valence-electron chi connectivity index (χ3n) is 4.69. The van der Waals surface area contributed by atoms with Gasteiger partial charge in [0.2, 0.25) is 11.8 Å². The number of nitrogens with zero attached hydrogens (tertiary/aromatic N) is 2. The Kier molecular flexibility index (Phi) is 4.11. The number of nitrogens with one attached hydrogen (secondary N) is 1. The van der Waals surface area contributed by atoms with E-state index in [0.717, 1.165) is 12.0 Å². The number of likely N-dealkylation sites (tertiary alicyclic amines) is 2. The highest BCUT2D eigenvalue weighted by atomic mass is 16.3. The van der Waals surface area contributed by atoms with Crippen LogP contribution in [0.25, 0.3) is 0 Å². The lowest BCUT2D eigenvalue weighted by Gasteiger charge is -2.43. The van der Waals surface area contributed by atoms with Crippen LogP contribution in [-0.4, -0.2) is 60.2 Å². The second-order valence-electron chi connectivity index (χ2n) is 6.05. The first-order valence-electron chi connectivity index (χ1n) is 7.91. The minimum Gasteiger partial charge on any atom is -0.459 e.